The number of nitrogens with zero attached hydrogens (tertiary/aromatic N) is 1. The zero-order valence-corrected chi connectivity index (χ0v) is 12.3. The third-order valence-corrected chi connectivity index (χ3v) is 5.56. The van der Waals surface area contributed by atoms with E-state index in [9.17, 15) is 9.59 Å². The Hall–Kier alpha value is -1.10. The highest BCUT2D eigenvalue weighted by Crippen LogP contribution is 2.58. The number of fused-ring (bicyclic) bond motifs is 1. The van der Waals surface area contributed by atoms with Gasteiger partial charge in [-0.05, 0) is 31.2 Å². The van der Waals surface area contributed by atoms with E-state index in [0.717, 1.165) is 25.9 Å². The second-order valence-electron chi connectivity index (χ2n) is 7.12. The van der Waals surface area contributed by atoms with Crippen LogP contribution < -0.4 is 5.32 Å². The van der Waals surface area contributed by atoms with Gasteiger partial charge in [-0.25, -0.2) is 0 Å². The lowest BCUT2D eigenvalue weighted by molar-refractivity contribution is -0.140. The summed E-state index contributed by atoms with van der Waals surface area (Å²) in [5.41, 5.74) is -0.402. The maximum Gasteiger partial charge on any atom is 0.307 e. The number of aliphatic carboxylic acids is 1. The number of carboxylic acid groups (broad SMARTS) is 1. The van der Waals surface area contributed by atoms with Crippen molar-refractivity contribution < 1.29 is 14.7 Å². The van der Waals surface area contributed by atoms with E-state index in [1.54, 1.807) is 0 Å². The maximum atomic E-state index is 12.4. The van der Waals surface area contributed by atoms with Crippen molar-refractivity contribution in [2.24, 2.45) is 17.3 Å². The molecule has 0 radical (unpaired) electrons. The molecule has 1 amide bonds. The van der Waals surface area contributed by atoms with Gasteiger partial charge < -0.3 is 10.4 Å². The highest BCUT2D eigenvalue weighted by Gasteiger charge is 2.66. The molecule has 2 aliphatic heterocycles. The van der Waals surface area contributed by atoms with Gasteiger partial charge in [0, 0.05) is 18.6 Å². The molecule has 5 heteroatoms. The van der Waals surface area contributed by atoms with E-state index < -0.39 is 17.3 Å². The minimum Gasteiger partial charge on any atom is -0.481 e. The number of carbonyl (C=O) groups is 2. The van der Waals surface area contributed by atoms with Crippen LogP contribution in [0.2, 0.25) is 0 Å². The van der Waals surface area contributed by atoms with Gasteiger partial charge >= 0.3 is 5.97 Å². The molecule has 0 aromatic heterocycles. The van der Waals surface area contributed by atoms with Gasteiger partial charge in [-0.1, -0.05) is 20.3 Å². The zero-order chi connectivity index (χ0) is 14.5. The molecule has 5 nitrogen and oxygen atoms in total. The van der Waals surface area contributed by atoms with Crippen molar-refractivity contribution >= 4 is 11.9 Å². The van der Waals surface area contributed by atoms with Crippen LogP contribution in [0, 0.1) is 17.3 Å². The molecule has 2 saturated heterocycles. The van der Waals surface area contributed by atoms with Crippen LogP contribution in [0.3, 0.4) is 0 Å². The van der Waals surface area contributed by atoms with E-state index in [-0.39, 0.29) is 17.9 Å². The topological polar surface area (TPSA) is 69.6 Å². The van der Waals surface area contributed by atoms with Gasteiger partial charge in [0.05, 0.1) is 11.8 Å². The molecule has 112 valence electrons. The summed E-state index contributed by atoms with van der Waals surface area (Å²) in [6.45, 7) is 5.95. The van der Waals surface area contributed by atoms with E-state index in [4.69, 9.17) is 5.11 Å². The van der Waals surface area contributed by atoms with Crippen LogP contribution in [0.25, 0.3) is 0 Å². The normalized spacial score (nSPS) is 39.1. The van der Waals surface area contributed by atoms with Gasteiger partial charge in [0.25, 0.3) is 0 Å². The molecule has 3 rings (SSSR count). The van der Waals surface area contributed by atoms with Crippen LogP contribution in [0.5, 0.6) is 0 Å². The molecule has 1 saturated carbocycles. The highest BCUT2D eigenvalue weighted by molar-refractivity contribution is 5.91. The Morgan fingerprint density at radius 3 is 2.55 bits per heavy atom. The predicted molar refractivity (Wildman–Crippen MR) is 74.2 cm³/mol. The van der Waals surface area contributed by atoms with Crippen LogP contribution in [0.4, 0.5) is 0 Å². The van der Waals surface area contributed by atoms with E-state index in [2.05, 4.69) is 10.2 Å². The number of hydrogen-bond donors (Lipinski definition) is 2. The van der Waals surface area contributed by atoms with Crippen molar-refractivity contribution in [2.45, 2.75) is 51.6 Å². The molecule has 0 spiro atoms. The van der Waals surface area contributed by atoms with Crippen LogP contribution in [-0.4, -0.2) is 47.1 Å². The number of hydrogen-bond acceptors (Lipinski definition) is 3. The molecule has 2 unspecified atom stereocenters. The lowest BCUT2D eigenvalue weighted by Gasteiger charge is -2.32. The summed E-state index contributed by atoms with van der Waals surface area (Å²) in [5.74, 6) is -1.79. The minimum atomic E-state index is -0.846. The van der Waals surface area contributed by atoms with Crippen LogP contribution in [0.1, 0.15) is 39.5 Å². The first kappa shape index (κ1) is 13.9. The summed E-state index contributed by atoms with van der Waals surface area (Å²) in [6, 6.07) is 0.687. The summed E-state index contributed by atoms with van der Waals surface area (Å²) in [4.78, 5) is 26.0. The molecule has 2 N–H and O–H groups in total. The predicted octanol–water partition coefficient (Wildman–Crippen LogP) is 1.09. The Bertz CT molecular complexity index is 435. The largest absolute Gasteiger partial charge is 0.481 e. The molecule has 2 heterocycles. The Labute approximate surface area is 119 Å². The minimum absolute atomic E-state index is 0.0557. The summed E-state index contributed by atoms with van der Waals surface area (Å²) < 4.78 is 0. The molecule has 1 aliphatic carbocycles. The Morgan fingerprint density at radius 2 is 1.90 bits per heavy atom. The first-order valence-electron chi connectivity index (χ1n) is 7.70. The second kappa shape index (κ2) is 4.72. The number of amides is 1. The smallest absolute Gasteiger partial charge is 0.307 e. The van der Waals surface area contributed by atoms with Crippen LogP contribution in [-0.2, 0) is 9.59 Å². The monoisotopic (exact) mass is 280 g/mol. The number of rotatable bonds is 3. The average molecular weight is 280 g/mol. The van der Waals surface area contributed by atoms with Gasteiger partial charge in [0.1, 0.15) is 0 Å². The number of nitrogens with one attached hydrogen (secondary N) is 1. The molecule has 20 heavy (non-hydrogen) atoms. The standard InChI is InChI=1S/C15H24N2O3/c1-15(2)11(12(15)14(19)20)13(18)16-9-6-8-17-7-4-3-5-10(9)17/h9-12H,3-8H2,1-2H3,(H,16,18)(H,19,20)/t9?,10?,11-,12+/m1/s1. The Balaban J connectivity index is 1.61. The fourth-order valence-electron chi connectivity index (χ4n) is 4.28. The average Bonchev–Trinajstić information content (AvgIpc) is 2.77. The van der Waals surface area contributed by atoms with Gasteiger partial charge in [-0.2, -0.15) is 0 Å². The quantitative estimate of drug-likeness (QED) is 0.812. The van der Waals surface area contributed by atoms with Crippen molar-refractivity contribution in [3.05, 3.63) is 0 Å². The lowest BCUT2D eigenvalue weighted by Crippen LogP contribution is -2.47. The number of carbonyl (C=O) groups excluding carboxylic acids is 1. The van der Waals surface area contributed by atoms with Crippen LogP contribution in [0.15, 0.2) is 0 Å². The second-order valence-corrected chi connectivity index (χ2v) is 7.12. The maximum absolute atomic E-state index is 12.4. The van der Waals surface area contributed by atoms with E-state index in [1.165, 1.54) is 12.8 Å². The third kappa shape index (κ3) is 2.12. The Kier molecular flexibility index (Phi) is 3.27. The third-order valence-electron chi connectivity index (χ3n) is 5.56. The summed E-state index contributed by atoms with van der Waals surface area (Å²) in [5, 5.41) is 12.3. The SMILES string of the molecule is CC1(C)[C@H](C(=O)O)[C@@H]1C(=O)NC1CCN2CCCCC12. The molecule has 0 bridgehead atoms. The van der Waals surface area contributed by atoms with Crippen molar-refractivity contribution in [2.75, 3.05) is 13.1 Å². The van der Waals surface area contributed by atoms with E-state index in [0.29, 0.717) is 6.04 Å². The summed E-state index contributed by atoms with van der Waals surface area (Å²) in [6.07, 6.45) is 4.65. The molecular weight excluding hydrogens is 256 g/mol. The summed E-state index contributed by atoms with van der Waals surface area (Å²) in [7, 11) is 0. The zero-order valence-electron chi connectivity index (χ0n) is 12.3. The van der Waals surface area contributed by atoms with E-state index >= 15 is 0 Å². The highest BCUT2D eigenvalue weighted by atomic mass is 16.4. The molecule has 0 aromatic rings. The van der Waals surface area contributed by atoms with Crippen molar-refractivity contribution in [3.63, 3.8) is 0 Å². The van der Waals surface area contributed by atoms with Crippen molar-refractivity contribution in [3.8, 4) is 0 Å². The van der Waals surface area contributed by atoms with Gasteiger partial charge in [0.2, 0.25) is 5.91 Å². The van der Waals surface area contributed by atoms with Gasteiger partial charge in [-0.15, -0.1) is 0 Å². The molecular formula is C15H24N2O3. The van der Waals surface area contributed by atoms with Crippen molar-refractivity contribution in [1.29, 1.82) is 0 Å². The van der Waals surface area contributed by atoms with Crippen LogP contribution >= 0.6 is 0 Å². The summed E-state index contributed by atoms with van der Waals surface area (Å²) >= 11 is 0. The van der Waals surface area contributed by atoms with Crippen molar-refractivity contribution in [1.82, 2.24) is 10.2 Å². The molecule has 3 aliphatic rings. The Morgan fingerprint density at radius 1 is 1.15 bits per heavy atom. The molecule has 0 aromatic carbocycles. The van der Waals surface area contributed by atoms with Gasteiger partial charge in [0.15, 0.2) is 0 Å². The molecule has 3 fully saturated rings. The lowest BCUT2D eigenvalue weighted by atomic mass is 9.98. The number of piperidine rings is 1. The fourth-order valence-corrected chi connectivity index (χ4v) is 4.28. The first-order chi connectivity index (χ1) is 9.43. The fraction of sp³-hybridized carbons (Fsp3) is 0.867. The van der Waals surface area contributed by atoms with Gasteiger partial charge in [-0.3, -0.25) is 14.5 Å². The number of carboxylic acids is 1. The first-order valence-corrected chi connectivity index (χ1v) is 7.70. The van der Waals surface area contributed by atoms with E-state index in [1.807, 2.05) is 13.8 Å². The molecule has 4 atom stereocenters.